The predicted octanol–water partition coefficient (Wildman–Crippen LogP) is 4.29. The molecule has 0 saturated carbocycles. The maximum atomic E-state index is 11.7. The van der Waals surface area contributed by atoms with Crippen molar-refractivity contribution < 1.29 is 4.79 Å². The maximum Gasteiger partial charge on any atom is 0.155 e. The summed E-state index contributed by atoms with van der Waals surface area (Å²) in [6.07, 6.45) is 8.38. The number of carbonyl (C=O) groups is 1. The van der Waals surface area contributed by atoms with Crippen molar-refractivity contribution in [3.8, 4) is 0 Å². The van der Waals surface area contributed by atoms with E-state index in [4.69, 9.17) is 0 Å². The minimum atomic E-state index is 0.291. The molecule has 1 unspecified atom stereocenters. The van der Waals surface area contributed by atoms with Crippen molar-refractivity contribution in [2.45, 2.75) is 53.4 Å². The largest absolute Gasteiger partial charge is 0.295 e. The molecule has 1 rings (SSSR count). The molecule has 0 saturated heterocycles. The Morgan fingerprint density at radius 1 is 1.56 bits per heavy atom. The van der Waals surface area contributed by atoms with Gasteiger partial charge in [-0.15, -0.1) is 0 Å². The molecule has 0 heterocycles. The van der Waals surface area contributed by atoms with E-state index >= 15 is 0 Å². The molecule has 0 N–H and O–H groups in total. The first kappa shape index (κ1) is 13.2. The van der Waals surface area contributed by atoms with Crippen LogP contribution in [0, 0.1) is 11.8 Å². The Labute approximate surface area is 99.6 Å². The molecule has 0 aromatic heterocycles. The molecule has 0 fully saturated rings. The number of rotatable bonds is 4. The molecule has 1 atom stereocenters. The van der Waals surface area contributed by atoms with Crippen molar-refractivity contribution in [1.29, 1.82) is 0 Å². The summed E-state index contributed by atoms with van der Waals surface area (Å²) in [7, 11) is 0. The molecule has 0 aliphatic heterocycles. The van der Waals surface area contributed by atoms with Gasteiger partial charge in [0.15, 0.2) is 5.78 Å². The monoisotopic (exact) mass is 220 g/mol. The van der Waals surface area contributed by atoms with E-state index in [9.17, 15) is 4.79 Å². The first-order valence-electron chi connectivity index (χ1n) is 6.35. The van der Waals surface area contributed by atoms with Crippen LogP contribution in [0.3, 0.4) is 0 Å². The Balaban J connectivity index is 2.54. The second-order valence-corrected chi connectivity index (χ2v) is 5.47. The zero-order chi connectivity index (χ0) is 12.1. The Morgan fingerprint density at radius 2 is 2.25 bits per heavy atom. The summed E-state index contributed by atoms with van der Waals surface area (Å²) in [4.78, 5) is 11.7. The van der Waals surface area contributed by atoms with Crippen LogP contribution in [0.1, 0.15) is 53.4 Å². The van der Waals surface area contributed by atoms with E-state index < -0.39 is 0 Å². The summed E-state index contributed by atoms with van der Waals surface area (Å²) in [5.74, 6) is 1.35. The van der Waals surface area contributed by atoms with Gasteiger partial charge in [0.2, 0.25) is 0 Å². The van der Waals surface area contributed by atoms with Gasteiger partial charge in [0.1, 0.15) is 0 Å². The molecule has 1 nitrogen and oxygen atoms in total. The lowest BCUT2D eigenvalue weighted by Crippen LogP contribution is -2.08. The van der Waals surface area contributed by atoms with E-state index in [1.54, 1.807) is 0 Å². The van der Waals surface area contributed by atoms with Gasteiger partial charge in [-0.1, -0.05) is 31.1 Å². The highest BCUT2D eigenvalue weighted by Crippen LogP contribution is 2.28. The summed E-state index contributed by atoms with van der Waals surface area (Å²) in [5.41, 5.74) is 2.77. The van der Waals surface area contributed by atoms with Crippen molar-refractivity contribution >= 4 is 5.78 Å². The van der Waals surface area contributed by atoms with Crippen molar-refractivity contribution in [2.24, 2.45) is 11.8 Å². The standard InChI is InChI=1S/C15H24O/c1-11(2)9-15(16)10-13(4)14-7-5-12(3)6-8-14/h5,10-11,14H,6-9H2,1-4H3/b13-10-. The minimum absolute atomic E-state index is 0.291. The fraction of sp³-hybridized carbons (Fsp3) is 0.667. The van der Waals surface area contributed by atoms with Gasteiger partial charge in [-0.3, -0.25) is 4.79 Å². The van der Waals surface area contributed by atoms with E-state index in [1.807, 2.05) is 6.08 Å². The average molecular weight is 220 g/mol. The Kier molecular flexibility index (Phi) is 4.98. The molecule has 16 heavy (non-hydrogen) atoms. The number of carbonyl (C=O) groups excluding carboxylic acids is 1. The van der Waals surface area contributed by atoms with Gasteiger partial charge in [-0.25, -0.2) is 0 Å². The van der Waals surface area contributed by atoms with Gasteiger partial charge < -0.3 is 0 Å². The Morgan fingerprint density at radius 3 is 2.75 bits per heavy atom. The van der Waals surface area contributed by atoms with Crippen molar-refractivity contribution in [1.82, 2.24) is 0 Å². The maximum absolute atomic E-state index is 11.7. The molecule has 90 valence electrons. The van der Waals surface area contributed by atoms with Gasteiger partial charge >= 0.3 is 0 Å². The van der Waals surface area contributed by atoms with Crippen LogP contribution in [-0.4, -0.2) is 5.78 Å². The second-order valence-electron chi connectivity index (χ2n) is 5.47. The number of ketones is 1. The van der Waals surface area contributed by atoms with Gasteiger partial charge in [0.25, 0.3) is 0 Å². The van der Waals surface area contributed by atoms with Crippen LogP contribution < -0.4 is 0 Å². The lowest BCUT2D eigenvalue weighted by atomic mass is 9.84. The highest BCUT2D eigenvalue weighted by molar-refractivity contribution is 5.90. The Hall–Kier alpha value is -0.850. The van der Waals surface area contributed by atoms with Crippen molar-refractivity contribution in [3.63, 3.8) is 0 Å². The van der Waals surface area contributed by atoms with Crippen LogP contribution >= 0.6 is 0 Å². The minimum Gasteiger partial charge on any atom is -0.295 e. The van der Waals surface area contributed by atoms with Crippen molar-refractivity contribution in [2.75, 3.05) is 0 Å². The average Bonchev–Trinajstić information content (AvgIpc) is 2.16. The van der Waals surface area contributed by atoms with Gasteiger partial charge in [-0.05, 0) is 51.0 Å². The molecular weight excluding hydrogens is 196 g/mol. The van der Waals surface area contributed by atoms with E-state index in [1.165, 1.54) is 24.0 Å². The van der Waals surface area contributed by atoms with Crippen LogP contribution in [0.5, 0.6) is 0 Å². The molecule has 0 aromatic carbocycles. The van der Waals surface area contributed by atoms with Gasteiger partial charge in [-0.2, -0.15) is 0 Å². The van der Waals surface area contributed by atoms with Crippen molar-refractivity contribution in [3.05, 3.63) is 23.3 Å². The van der Waals surface area contributed by atoms with Crippen LogP contribution in [0.2, 0.25) is 0 Å². The van der Waals surface area contributed by atoms with Gasteiger partial charge in [0, 0.05) is 6.42 Å². The van der Waals surface area contributed by atoms with Crippen LogP contribution in [-0.2, 0) is 4.79 Å². The molecular formula is C15H24O. The van der Waals surface area contributed by atoms with Crippen LogP contribution in [0.25, 0.3) is 0 Å². The van der Waals surface area contributed by atoms with E-state index in [2.05, 4.69) is 33.8 Å². The Bertz CT molecular complexity index is 307. The fourth-order valence-corrected chi connectivity index (χ4v) is 2.21. The van der Waals surface area contributed by atoms with E-state index in [0.29, 0.717) is 24.0 Å². The summed E-state index contributed by atoms with van der Waals surface area (Å²) in [6, 6.07) is 0. The quantitative estimate of drug-likeness (QED) is 0.510. The number of hydrogen-bond donors (Lipinski definition) is 0. The third-order valence-electron chi connectivity index (χ3n) is 3.28. The van der Waals surface area contributed by atoms with Crippen LogP contribution in [0.15, 0.2) is 23.3 Å². The highest BCUT2D eigenvalue weighted by Gasteiger charge is 2.15. The van der Waals surface area contributed by atoms with E-state index in [0.717, 1.165) is 6.42 Å². The summed E-state index contributed by atoms with van der Waals surface area (Å²) >= 11 is 0. The highest BCUT2D eigenvalue weighted by atomic mass is 16.1. The SMILES string of the molecule is CC1=CCC(/C(C)=C\C(=O)CC(C)C)CC1. The third kappa shape index (κ3) is 4.34. The van der Waals surface area contributed by atoms with Gasteiger partial charge in [0.05, 0.1) is 0 Å². The summed E-state index contributed by atoms with van der Waals surface area (Å²) in [5, 5.41) is 0. The topological polar surface area (TPSA) is 17.1 Å². The molecule has 0 spiro atoms. The summed E-state index contributed by atoms with van der Waals surface area (Å²) in [6.45, 7) is 8.48. The zero-order valence-electron chi connectivity index (χ0n) is 11.0. The number of hydrogen-bond acceptors (Lipinski definition) is 1. The third-order valence-corrected chi connectivity index (χ3v) is 3.28. The summed E-state index contributed by atoms with van der Waals surface area (Å²) < 4.78 is 0. The molecule has 1 heteroatoms. The first-order valence-corrected chi connectivity index (χ1v) is 6.35. The molecule has 0 amide bonds. The molecule has 1 aliphatic rings. The smallest absolute Gasteiger partial charge is 0.155 e. The molecule has 1 aliphatic carbocycles. The lowest BCUT2D eigenvalue weighted by Gasteiger charge is -2.21. The lowest BCUT2D eigenvalue weighted by molar-refractivity contribution is -0.115. The number of allylic oxidation sites excluding steroid dienone is 4. The molecule has 0 bridgehead atoms. The second kappa shape index (κ2) is 6.03. The fourth-order valence-electron chi connectivity index (χ4n) is 2.21. The molecule has 0 aromatic rings. The first-order chi connectivity index (χ1) is 7.49. The van der Waals surface area contributed by atoms with Crippen LogP contribution in [0.4, 0.5) is 0 Å². The zero-order valence-corrected chi connectivity index (χ0v) is 11.0. The predicted molar refractivity (Wildman–Crippen MR) is 69.3 cm³/mol. The van der Waals surface area contributed by atoms with E-state index in [-0.39, 0.29) is 0 Å². The normalized spacial score (nSPS) is 22.2. The molecule has 0 radical (unpaired) electrons.